The average molecular weight is 252 g/mol. The summed E-state index contributed by atoms with van der Waals surface area (Å²) in [5.41, 5.74) is 0. The zero-order valence-corrected chi connectivity index (χ0v) is 11.8. The molecule has 2 heterocycles. The highest BCUT2D eigenvalue weighted by Crippen LogP contribution is 2.20. The molecule has 96 valence electrons. The van der Waals surface area contributed by atoms with E-state index >= 15 is 0 Å². The summed E-state index contributed by atoms with van der Waals surface area (Å²) in [7, 11) is 0. The van der Waals surface area contributed by atoms with Crippen LogP contribution in [0, 0.1) is 5.92 Å². The second kappa shape index (κ2) is 6.53. The van der Waals surface area contributed by atoms with Crippen LogP contribution in [0.3, 0.4) is 0 Å². The van der Waals surface area contributed by atoms with Crippen LogP contribution in [0.2, 0.25) is 0 Å². The van der Waals surface area contributed by atoms with E-state index < -0.39 is 0 Å². The van der Waals surface area contributed by atoms with Crippen molar-refractivity contribution in [2.75, 3.05) is 19.6 Å². The van der Waals surface area contributed by atoms with Crippen LogP contribution < -0.4 is 5.32 Å². The zero-order valence-electron chi connectivity index (χ0n) is 11.0. The summed E-state index contributed by atoms with van der Waals surface area (Å²) >= 11 is 1.88. The van der Waals surface area contributed by atoms with E-state index in [0.29, 0.717) is 6.04 Å². The predicted octanol–water partition coefficient (Wildman–Crippen LogP) is 2.96. The van der Waals surface area contributed by atoms with E-state index in [2.05, 4.69) is 41.6 Å². The lowest BCUT2D eigenvalue weighted by Gasteiger charge is -2.32. The Morgan fingerprint density at radius 3 is 2.76 bits per heavy atom. The normalized spacial score (nSPS) is 19.0. The Morgan fingerprint density at radius 2 is 2.18 bits per heavy atom. The lowest BCUT2D eigenvalue weighted by Crippen LogP contribution is -2.38. The van der Waals surface area contributed by atoms with Gasteiger partial charge in [-0.1, -0.05) is 19.9 Å². The first-order valence-electron chi connectivity index (χ1n) is 6.72. The second-order valence-electron chi connectivity index (χ2n) is 5.36. The van der Waals surface area contributed by atoms with Crippen molar-refractivity contribution in [3.05, 3.63) is 22.4 Å². The summed E-state index contributed by atoms with van der Waals surface area (Å²) in [6, 6.07) is 5.02. The number of hydrogen-bond acceptors (Lipinski definition) is 3. The topological polar surface area (TPSA) is 15.3 Å². The van der Waals surface area contributed by atoms with Crippen LogP contribution >= 0.6 is 11.3 Å². The molecule has 1 aliphatic heterocycles. The lowest BCUT2D eigenvalue weighted by molar-refractivity contribution is 0.175. The molecule has 1 aromatic heterocycles. The molecule has 0 bridgehead atoms. The van der Waals surface area contributed by atoms with Gasteiger partial charge in [0.15, 0.2) is 0 Å². The fourth-order valence-electron chi connectivity index (χ4n) is 2.37. The largest absolute Gasteiger partial charge is 0.314 e. The number of likely N-dealkylation sites (tertiary alicyclic amines) is 1. The summed E-state index contributed by atoms with van der Waals surface area (Å²) < 4.78 is 0. The van der Waals surface area contributed by atoms with E-state index in [1.807, 2.05) is 11.3 Å². The van der Waals surface area contributed by atoms with Crippen molar-refractivity contribution >= 4 is 11.3 Å². The predicted molar refractivity (Wildman–Crippen MR) is 75.5 cm³/mol. The second-order valence-corrected chi connectivity index (χ2v) is 6.39. The van der Waals surface area contributed by atoms with Gasteiger partial charge < -0.3 is 5.32 Å². The van der Waals surface area contributed by atoms with Gasteiger partial charge in [0, 0.05) is 17.5 Å². The van der Waals surface area contributed by atoms with Crippen molar-refractivity contribution in [2.45, 2.75) is 39.3 Å². The summed E-state index contributed by atoms with van der Waals surface area (Å²) in [5, 5.41) is 5.73. The highest BCUT2D eigenvalue weighted by Gasteiger charge is 2.19. The van der Waals surface area contributed by atoms with Crippen molar-refractivity contribution < 1.29 is 0 Å². The van der Waals surface area contributed by atoms with Gasteiger partial charge in [-0.2, -0.15) is 0 Å². The molecule has 2 nitrogen and oxygen atoms in total. The summed E-state index contributed by atoms with van der Waals surface area (Å²) in [6.07, 6.45) is 2.70. The van der Waals surface area contributed by atoms with Crippen molar-refractivity contribution in [1.82, 2.24) is 10.2 Å². The first kappa shape index (κ1) is 13.1. The maximum absolute atomic E-state index is 3.56. The Morgan fingerprint density at radius 1 is 1.41 bits per heavy atom. The fraction of sp³-hybridized carbons (Fsp3) is 0.714. The Bertz CT molecular complexity index is 300. The molecule has 0 aliphatic carbocycles. The third kappa shape index (κ3) is 4.41. The Kier molecular flexibility index (Phi) is 5.01. The van der Waals surface area contributed by atoms with Gasteiger partial charge in [-0.15, -0.1) is 11.3 Å². The maximum atomic E-state index is 3.56. The van der Waals surface area contributed by atoms with E-state index in [1.54, 1.807) is 0 Å². The van der Waals surface area contributed by atoms with E-state index in [0.717, 1.165) is 12.5 Å². The molecule has 1 N–H and O–H groups in total. The zero-order chi connectivity index (χ0) is 12.1. The summed E-state index contributed by atoms with van der Waals surface area (Å²) in [4.78, 5) is 4.10. The monoisotopic (exact) mass is 252 g/mol. The van der Waals surface area contributed by atoms with Gasteiger partial charge in [-0.05, 0) is 49.8 Å². The molecule has 17 heavy (non-hydrogen) atoms. The van der Waals surface area contributed by atoms with Crippen LogP contribution in [0.1, 0.15) is 31.6 Å². The molecule has 0 radical (unpaired) electrons. The Balaban J connectivity index is 1.67. The molecular formula is C14H24N2S. The molecule has 0 amide bonds. The van der Waals surface area contributed by atoms with E-state index in [4.69, 9.17) is 0 Å². The molecule has 1 aliphatic rings. The van der Waals surface area contributed by atoms with Gasteiger partial charge in [0.1, 0.15) is 0 Å². The first-order valence-corrected chi connectivity index (χ1v) is 7.60. The van der Waals surface area contributed by atoms with Gasteiger partial charge in [0.25, 0.3) is 0 Å². The molecule has 0 atom stereocenters. The number of nitrogens with zero attached hydrogens (tertiary/aromatic N) is 1. The molecule has 3 heteroatoms. The third-order valence-electron chi connectivity index (χ3n) is 3.48. The molecular weight excluding hydrogens is 228 g/mol. The third-order valence-corrected chi connectivity index (χ3v) is 4.34. The molecule has 1 aromatic rings. The lowest BCUT2D eigenvalue weighted by atomic mass is 9.96. The van der Waals surface area contributed by atoms with Gasteiger partial charge >= 0.3 is 0 Å². The molecule has 1 fully saturated rings. The minimum Gasteiger partial charge on any atom is -0.314 e. The first-order chi connectivity index (χ1) is 8.24. The van der Waals surface area contributed by atoms with Crippen LogP contribution in [0.15, 0.2) is 17.5 Å². The van der Waals surface area contributed by atoms with Gasteiger partial charge in [-0.3, -0.25) is 4.90 Å². The van der Waals surface area contributed by atoms with E-state index in [1.165, 1.54) is 37.4 Å². The quantitative estimate of drug-likeness (QED) is 0.867. The van der Waals surface area contributed by atoms with Crippen LogP contribution in [0.25, 0.3) is 0 Å². The molecule has 0 unspecified atom stereocenters. The molecule has 0 spiro atoms. The van der Waals surface area contributed by atoms with Crippen LogP contribution in [0.5, 0.6) is 0 Å². The average Bonchev–Trinajstić information content (AvgIpc) is 2.81. The van der Waals surface area contributed by atoms with E-state index in [-0.39, 0.29) is 0 Å². The van der Waals surface area contributed by atoms with Crippen molar-refractivity contribution in [3.8, 4) is 0 Å². The van der Waals surface area contributed by atoms with Crippen molar-refractivity contribution in [1.29, 1.82) is 0 Å². The minimum atomic E-state index is 0.624. The number of thiophene rings is 1. The van der Waals surface area contributed by atoms with E-state index in [9.17, 15) is 0 Å². The molecule has 0 aromatic carbocycles. The summed E-state index contributed by atoms with van der Waals surface area (Å²) in [5.74, 6) is 0.886. The minimum absolute atomic E-state index is 0.624. The summed E-state index contributed by atoms with van der Waals surface area (Å²) in [6.45, 7) is 9.34. The molecule has 2 rings (SSSR count). The van der Waals surface area contributed by atoms with Crippen LogP contribution in [-0.4, -0.2) is 30.6 Å². The highest BCUT2D eigenvalue weighted by atomic mass is 32.1. The van der Waals surface area contributed by atoms with Gasteiger partial charge in [0.05, 0.1) is 0 Å². The number of hydrogen-bond donors (Lipinski definition) is 1. The van der Waals surface area contributed by atoms with Crippen LogP contribution in [-0.2, 0) is 6.54 Å². The molecule has 1 saturated heterocycles. The van der Waals surface area contributed by atoms with Crippen LogP contribution in [0.4, 0.5) is 0 Å². The Labute approximate surface area is 109 Å². The van der Waals surface area contributed by atoms with Gasteiger partial charge in [-0.25, -0.2) is 0 Å². The molecule has 0 saturated carbocycles. The Hall–Kier alpha value is -0.380. The standard InChI is InChI=1S/C14H24N2S/c1-12(2)15-10-13-5-7-16(8-6-13)11-14-4-3-9-17-14/h3-4,9,12-13,15H,5-8,10-11H2,1-2H3. The fourth-order valence-corrected chi connectivity index (χ4v) is 3.12. The van der Waals surface area contributed by atoms with Crippen molar-refractivity contribution in [2.24, 2.45) is 5.92 Å². The number of nitrogens with one attached hydrogen (secondary N) is 1. The van der Waals surface area contributed by atoms with Crippen molar-refractivity contribution in [3.63, 3.8) is 0 Å². The maximum Gasteiger partial charge on any atom is 0.0327 e. The smallest absolute Gasteiger partial charge is 0.0327 e. The highest BCUT2D eigenvalue weighted by molar-refractivity contribution is 7.09. The number of piperidine rings is 1. The van der Waals surface area contributed by atoms with Gasteiger partial charge in [0.2, 0.25) is 0 Å². The number of rotatable bonds is 5. The SMILES string of the molecule is CC(C)NCC1CCN(Cc2cccs2)CC1.